The van der Waals surface area contributed by atoms with Gasteiger partial charge in [0, 0.05) is 17.5 Å². The van der Waals surface area contributed by atoms with Crippen molar-refractivity contribution in [1.29, 1.82) is 0 Å². The molecule has 1 fully saturated rings. The third-order valence-electron chi connectivity index (χ3n) is 6.34. The van der Waals surface area contributed by atoms with Gasteiger partial charge in [-0.15, -0.1) is 0 Å². The summed E-state index contributed by atoms with van der Waals surface area (Å²) < 4.78 is 25.2. The SMILES string of the molecule is COc1ccc(C(=O)c2c(-c3ccc(OCCN4CCCC4)cc3)c3ccccc3[s+]2[O-])cc1. The summed E-state index contributed by atoms with van der Waals surface area (Å²) in [5.74, 6) is 1.22. The normalized spacial score (nSPS) is 14.5. The molecule has 5 nitrogen and oxygen atoms in total. The van der Waals surface area contributed by atoms with Crippen LogP contribution in [-0.4, -0.2) is 48.6 Å². The van der Waals surface area contributed by atoms with Crippen molar-refractivity contribution in [3.8, 4) is 22.6 Å². The Morgan fingerprint density at radius 2 is 1.62 bits per heavy atom. The van der Waals surface area contributed by atoms with Crippen molar-refractivity contribution in [3.63, 3.8) is 0 Å². The van der Waals surface area contributed by atoms with Gasteiger partial charge in [0.15, 0.2) is 4.70 Å². The highest BCUT2D eigenvalue weighted by Gasteiger charge is 2.30. The summed E-state index contributed by atoms with van der Waals surface area (Å²) in [6, 6.07) is 22.2. The maximum absolute atomic E-state index is 13.5. The first kappa shape index (κ1) is 22.6. The van der Waals surface area contributed by atoms with Gasteiger partial charge in [-0.05, 0) is 90.8 Å². The van der Waals surface area contributed by atoms with Crippen LogP contribution in [0.25, 0.3) is 21.2 Å². The lowest BCUT2D eigenvalue weighted by Gasteiger charge is -2.15. The maximum Gasteiger partial charge on any atom is 0.245 e. The lowest BCUT2D eigenvalue weighted by atomic mass is 9.98. The van der Waals surface area contributed by atoms with Crippen molar-refractivity contribution >= 4 is 26.6 Å². The number of carbonyl (C=O) groups is 1. The lowest BCUT2D eigenvalue weighted by molar-refractivity contribution is 0.104. The highest BCUT2D eigenvalue weighted by Crippen LogP contribution is 2.45. The number of ether oxygens (including phenoxy) is 2. The average Bonchev–Trinajstić information content (AvgIpc) is 3.50. The molecule has 0 spiro atoms. The Bertz CT molecular complexity index is 1290. The topological polar surface area (TPSA) is 61.8 Å². The summed E-state index contributed by atoms with van der Waals surface area (Å²) in [6.45, 7) is 3.88. The third kappa shape index (κ3) is 4.44. The van der Waals surface area contributed by atoms with E-state index in [-0.39, 0.29) is 5.78 Å². The molecule has 1 unspecified atom stereocenters. The van der Waals surface area contributed by atoms with Gasteiger partial charge in [-0.2, -0.15) is 0 Å². The van der Waals surface area contributed by atoms with Gasteiger partial charge >= 0.3 is 0 Å². The smallest absolute Gasteiger partial charge is 0.245 e. The van der Waals surface area contributed by atoms with Crippen LogP contribution in [0.5, 0.6) is 11.5 Å². The molecule has 174 valence electrons. The van der Waals surface area contributed by atoms with E-state index in [0.29, 0.717) is 27.5 Å². The van der Waals surface area contributed by atoms with Crippen LogP contribution >= 0.6 is 10.8 Å². The van der Waals surface area contributed by atoms with Crippen molar-refractivity contribution < 1.29 is 18.8 Å². The Kier molecular flexibility index (Phi) is 6.63. The maximum atomic E-state index is 13.5. The van der Waals surface area contributed by atoms with Gasteiger partial charge < -0.3 is 14.0 Å². The predicted molar refractivity (Wildman–Crippen MR) is 136 cm³/mol. The Labute approximate surface area is 202 Å². The fourth-order valence-corrected chi connectivity index (χ4v) is 6.03. The Morgan fingerprint density at radius 3 is 2.32 bits per heavy atom. The number of likely N-dealkylation sites (tertiary alicyclic amines) is 1. The van der Waals surface area contributed by atoms with Gasteiger partial charge in [0.1, 0.15) is 18.1 Å². The van der Waals surface area contributed by atoms with Crippen molar-refractivity contribution in [3.05, 3.63) is 83.2 Å². The van der Waals surface area contributed by atoms with Crippen LogP contribution in [-0.2, 0) is 0 Å². The fraction of sp³-hybridized carbons (Fsp3) is 0.250. The molecule has 0 aliphatic carbocycles. The van der Waals surface area contributed by atoms with Gasteiger partial charge in [-0.25, -0.2) is 0 Å². The van der Waals surface area contributed by atoms with Gasteiger partial charge in [-0.1, -0.05) is 24.3 Å². The minimum atomic E-state index is -1.55. The standard InChI is InChI=1S/C28H27NO4S/c1-32-22-12-10-21(11-13-22)27(30)28-26(24-6-2-3-7-25(24)34(28)31)20-8-14-23(15-9-20)33-19-18-29-16-4-5-17-29/h2-3,6-15H,4-5,16-19H2,1H3. The van der Waals surface area contributed by atoms with Crippen LogP contribution in [0.15, 0.2) is 72.8 Å². The largest absolute Gasteiger partial charge is 0.590 e. The van der Waals surface area contributed by atoms with Crippen LogP contribution in [0.2, 0.25) is 0 Å². The molecule has 6 heteroatoms. The summed E-state index contributed by atoms with van der Waals surface area (Å²) in [6.07, 6.45) is 2.54. The van der Waals surface area contributed by atoms with Crippen LogP contribution < -0.4 is 9.47 Å². The zero-order valence-electron chi connectivity index (χ0n) is 19.2. The highest BCUT2D eigenvalue weighted by atomic mass is 32.2. The van der Waals surface area contributed by atoms with Crippen LogP contribution in [0.1, 0.15) is 28.1 Å². The van der Waals surface area contributed by atoms with E-state index in [1.807, 2.05) is 48.5 Å². The number of methoxy groups -OCH3 is 1. The van der Waals surface area contributed by atoms with Crippen molar-refractivity contribution in [2.75, 3.05) is 33.4 Å². The molecule has 3 aromatic carbocycles. The van der Waals surface area contributed by atoms with Crippen LogP contribution in [0.3, 0.4) is 0 Å². The van der Waals surface area contributed by atoms with Gasteiger partial charge in [0.25, 0.3) is 0 Å². The fourth-order valence-electron chi connectivity index (χ4n) is 4.53. The first-order valence-electron chi connectivity index (χ1n) is 11.6. The molecule has 0 saturated carbocycles. The first-order valence-corrected chi connectivity index (χ1v) is 12.7. The molecule has 5 rings (SSSR count). The molecule has 1 aliphatic rings. The number of fused-ring (bicyclic) bond motifs is 1. The molecule has 2 heterocycles. The minimum absolute atomic E-state index is 0.238. The van der Waals surface area contributed by atoms with E-state index in [2.05, 4.69) is 4.90 Å². The quantitative estimate of drug-likeness (QED) is 0.234. The Morgan fingerprint density at radius 1 is 0.941 bits per heavy atom. The molecule has 1 aromatic heterocycles. The summed E-state index contributed by atoms with van der Waals surface area (Å²) in [7, 11) is 0.0297. The molecule has 0 amide bonds. The second-order valence-electron chi connectivity index (χ2n) is 8.45. The van der Waals surface area contributed by atoms with E-state index in [1.54, 1.807) is 31.4 Å². The van der Waals surface area contributed by atoms with Crippen molar-refractivity contribution in [2.45, 2.75) is 12.8 Å². The van der Waals surface area contributed by atoms with Crippen LogP contribution in [0, 0.1) is 0 Å². The van der Waals surface area contributed by atoms with E-state index in [0.717, 1.165) is 41.9 Å². The second kappa shape index (κ2) is 9.97. The number of thiophene rings is 1. The van der Waals surface area contributed by atoms with Crippen molar-refractivity contribution in [2.24, 2.45) is 0 Å². The summed E-state index contributed by atoms with van der Waals surface area (Å²) in [5, 5.41) is 0.834. The monoisotopic (exact) mass is 473 g/mol. The summed E-state index contributed by atoms with van der Waals surface area (Å²) >= 11 is 0. The molecular weight excluding hydrogens is 446 g/mol. The minimum Gasteiger partial charge on any atom is -0.590 e. The van der Waals surface area contributed by atoms with E-state index < -0.39 is 10.8 Å². The number of hydrogen-bond donors (Lipinski definition) is 0. The Balaban J connectivity index is 1.46. The summed E-state index contributed by atoms with van der Waals surface area (Å²) in [4.78, 5) is 16.3. The lowest BCUT2D eigenvalue weighted by Crippen LogP contribution is -2.25. The molecule has 34 heavy (non-hydrogen) atoms. The number of hydrogen-bond acceptors (Lipinski definition) is 5. The number of nitrogens with zero attached hydrogens (tertiary/aromatic N) is 1. The van der Waals surface area contributed by atoms with E-state index in [9.17, 15) is 9.35 Å². The van der Waals surface area contributed by atoms with Gasteiger partial charge in [-0.3, -0.25) is 9.69 Å². The molecule has 1 saturated heterocycles. The van der Waals surface area contributed by atoms with Gasteiger partial charge in [0.05, 0.1) is 12.7 Å². The number of rotatable bonds is 8. The number of carbonyl (C=O) groups excluding carboxylic acids is 1. The molecule has 0 N–H and O–H groups in total. The summed E-state index contributed by atoms with van der Waals surface area (Å²) in [5.41, 5.74) is 2.05. The second-order valence-corrected chi connectivity index (χ2v) is 9.83. The molecule has 0 bridgehead atoms. The molecule has 0 radical (unpaired) electrons. The zero-order valence-corrected chi connectivity index (χ0v) is 20.0. The third-order valence-corrected chi connectivity index (χ3v) is 7.86. The van der Waals surface area contributed by atoms with Gasteiger partial charge in [0.2, 0.25) is 10.7 Å². The first-order chi connectivity index (χ1) is 16.7. The average molecular weight is 474 g/mol. The van der Waals surface area contributed by atoms with Crippen molar-refractivity contribution in [1.82, 2.24) is 4.90 Å². The van der Waals surface area contributed by atoms with E-state index >= 15 is 0 Å². The molecular formula is C28H27NO4S. The van der Waals surface area contributed by atoms with E-state index in [4.69, 9.17) is 9.47 Å². The number of ketones is 1. The van der Waals surface area contributed by atoms with Crippen LogP contribution in [0.4, 0.5) is 0 Å². The predicted octanol–water partition coefficient (Wildman–Crippen LogP) is 5.95. The Hall–Kier alpha value is -3.19. The molecule has 4 aromatic rings. The molecule has 1 aliphatic heterocycles. The number of benzene rings is 3. The molecule has 1 atom stereocenters. The van der Waals surface area contributed by atoms with E-state index in [1.165, 1.54) is 12.8 Å². The zero-order chi connectivity index (χ0) is 23.5. The highest BCUT2D eigenvalue weighted by molar-refractivity contribution is 7.33.